The van der Waals surface area contributed by atoms with Gasteiger partial charge in [-0.15, -0.1) is 0 Å². The molecule has 0 rings (SSSR count). The van der Waals surface area contributed by atoms with Crippen LogP contribution in [0.25, 0.3) is 0 Å². The number of nitrogens with zero attached hydrogens (tertiary/aromatic N) is 1. The summed E-state index contributed by atoms with van der Waals surface area (Å²) in [4.78, 5) is 1.33. The van der Waals surface area contributed by atoms with Gasteiger partial charge in [-0.3, -0.25) is 4.90 Å². The van der Waals surface area contributed by atoms with Crippen LogP contribution in [0.3, 0.4) is 0 Å². The van der Waals surface area contributed by atoms with Crippen molar-refractivity contribution in [1.82, 2.24) is 4.90 Å². The molecular formula is C9H17BrF3N. The summed E-state index contributed by atoms with van der Waals surface area (Å²) in [6.07, 6.45) is -2.11. The SMILES string of the molecule is CCCC(CBr)CN(C)CC(F)(F)F. The van der Waals surface area contributed by atoms with Crippen molar-refractivity contribution in [3.63, 3.8) is 0 Å². The van der Waals surface area contributed by atoms with Crippen LogP contribution < -0.4 is 0 Å². The third-order valence-corrected chi connectivity index (χ3v) is 2.85. The Hall–Kier alpha value is 0.230. The maximum absolute atomic E-state index is 12.0. The first-order valence-electron chi connectivity index (χ1n) is 4.70. The molecule has 0 aliphatic heterocycles. The molecule has 86 valence electrons. The average molecular weight is 276 g/mol. The number of hydrogen-bond donors (Lipinski definition) is 0. The fraction of sp³-hybridized carbons (Fsp3) is 1.00. The molecule has 1 unspecified atom stereocenters. The highest BCUT2D eigenvalue weighted by atomic mass is 79.9. The van der Waals surface area contributed by atoms with Gasteiger partial charge in [0.05, 0.1) is 6.54 Å². The zero-order chi connectivity index (χ0) is 11.2. The summed E-state index contributed by atoms with van der Waals surface area (Å²) in [6.45, 7) is 1.72. The van der Waals surface area contributed by atoms with E-state index in [1.807, 2.05) is 6.92 Å². The summed E-state index contributed by atoms with van der Waals surface area (Å²) >= 11 is 3.32. The number of hydrogen-bond acceptors (Lipinski definition) is 1. The fourth-order valence-corrected chi connectivity index (χ4v) is 1.97. The summed E-state index contributed by atoms with van der Waals surface area (Å²) < 4.78 is 36.0. The summed E-state index contributed by atoms with van der Waals surface area (Å²) in [7, 11) is 1.51. The lowest BCUT2D eigenvalue weighted by Gasteiger charge is -2.23. The fourth-order valence-electron chi connectivity index (χ4n) is 1.44. The Balaban J connectivity index is 3.84. The van der Waals surface area contributed by atoms with Gasteiger partial charge in [0, 0.05) is 11.9 Å². The topological polar surface area (TPSA) is 3.24 Å². The van der Waals surface area contributed by atoms with Gasteiger partial charge in [0.1, 0.15) is 0 Å². The molecule has 5 heteroatoms. The monoisotopic (exact) mass is 275 g/mol. The minimum Gasteiger partial charge on any atom is -0.298 e. The van der Waals surface area contributed by atoms with Crippen LogP contribution in [0, 0.1) is 5.92 Å². The second kappa shape index (κ2) is 6.67. The van der Waals surface area contributed by atoms with Crippen LogP contribution in [0.1, 0.15) is 19.8 Å². The largest absolute Gasteiger partial charge is 0.401 e. The lowest BCUT2D eigenvalue weighted by Crippen LogP contribution is -2.35. The molecule has 0 aromatic rings. The molecule has 0 heterocycles. The maximum atomic E-state index is 12.0. The van der Waals surface area contributed by atoms with E-state index in [0.29, 0.717) is 12.5 Å². The van der Waals surface area contributed by atoms with Gasteiger partial charge in [-0.2, -0.15) is 13.2 Å². The van der Waals surface area contributed by atoms with Gasteiger partial charge in [-0.1, -0.05) is 29.3 Å². The van der Waals surface area contributed by atoms with Crippen LogP contribution in [0.2, 0.25) is 0 Å². The summed E-state index contributed by atoms with van der Waals surface area (Å²) in [5.74, 6) is 0.312. The highest BCUT2D eigenvalue weighted by Gasteiger charge is 2.29. The lowest BCUT2D eigenvalue weighted by molar-refractivity contribution is -0.143. The molecule has 0 saturated heterocycles. The minimum absolute atomic E-state index is 0.312. The third-order valence-electron chi connectivity index (χ3n) is 1.93. The molecule has 0 aromatic heterocycles. The van der Waals surface area contributed by atoms with E-state index in [1.165, 1.54) is 11.9 Å². The quantitative estimate of drug-likeness (QED) is 0.673. The number of halogens is 4. The van der Waals surface area contributed by atoms with Crippen molar-refractivity contribution in [2.75, 3.05) is 25.5 Å². The average Bonchev–Trinajstić information content (AvgIpc) is 2.00. The summed E-state index contributed by atoms with van der Waals surface area (Å²) in [5.41, 5.74) is 0. The van der Waals surface area contributed by atoms with E-state index in [0.717, 1.165) is 18.2 Å². The Morgan fingerprint density at radius 2 is 1.93 bits per heavy atom. The molecule has 0 amide bonds. The summed E-state index contributed by atoms with van der Waals surface area (Å²) in [5, 5.41) is 0.767. The molecule has 14 heavy (non-hydrogen) atoms. The maximum Gasteiger partial charge on any atom is 0.401 e. The van der Waals surface area contributed by atoms with Crippen LogP contribution in [0.15, 0.2) is 0 Å². The van der Waals surface area contributed by atoms with Crippen molar-refractivity contribution in [2.24, 2.45) is 5.92 Å². The normalized spacial score (nSPS) is 14.8. The predicted octanol–water partition coefficient (Wildman–Crippen LogP) is 3.29. The number of rotatable bonds is 6. The van der Waals surface area contributed by atoms with Crippen LogP contribution in [-0.2, 0) is 0 Å². The van der Waals surface area contributed by atoms with Crippen LogP contribution in [0.4, 0.5) is 13.2 Å². The first-order valence-corrected chi connectivity index (χ1v) is 5.82. The van der Waals surface area contributed by atoms with Crippen molar-refractivity contribution in [3.05, 3.63) is 0 Å². The minimum atomic E-state index is -4.09. The van der Waals surface area contributed by atoms with E-state index in [-0.39, 0.29) is 0 Å². The van der Waals surface area contributed by atoms with E-state index in [4.69, 9.17) is 0 Å². The highest BCUT2D eigenvalue weighted by Crippen LogP contribution is 2.18. The predicted molar refractivity (Wildman–Crippen MR) is 55.7 cm³/mol. The Kier molecular flexibility index (Phi) is 6.78. The van der Waals surface area contributed by atoms with Gasteiger partial charge in [0.25, 0.3) is 0 Å². The standard InChI is InChI=1S/C9H17BrF3N/c1-3-4-8(5-10)6-14(2)7-9(11,12)13/h8H,3-7H2,1-2H3. The van der Waals surface area contributed by atoms with Gasteiger partial charge in [0.2, 0.25) is 0 Å². The van der Waals surface area contributed by atoms with Crippen molar-refractivity contribution in [3.8, 4) is 0 Å². The molecule has 1 nitrogen and oxygen atoms in total. The van der Waals surface area contributed by atoms with Gasteiger partial charge in [-0.25, -0.2) is 0 Å². The molecule has 0 bridgehead atoms. The molecular weight excluding hydrogens is 259 g/mol. The molecule has 0 N–H and O–H groups in total. The first-order chi connectivity index (χ1) is 6.39. The van der Waals surface area contributed by atoms with E-state index in [2.05, 4.69) is 15.9 Å². The molecule has 0 fully saturated rings. The smallest absolute Gasteiger partial charge is 0.298 e. The molecule has 0 saturated carbocycles. The van der Waals surface area contributed by atoms with Gasteiger partial charge >= 0.3 is 6.18 Å². The first kappa shape index (κ1) is 14.2. The Labute approximate surface area is 91.8 Å². The second-order valence-corrected chi connectivity index (χ2v) is 4.27. The highest BCUT2D eigenvalue weighted by molar-refractivity contribution is 9.09. The molecule has 0 aliphatic carbocycles. The van der Waals surface area contributed by atoms with Crippen molar-refractivity contribution in [1.29, 1.82) is 0 Å². The Morgan fingerprint density at radius 3 is 2.29 bits per heavy atom. The van der Waals surface area contributed by atoms with Crippen molar-refractivity contribution < 1.29 is 13.2 Å². The van der Waals surface area contributed by atoms with Gasteiger partial charge in [0.15, 0.2) is 0 Å². The van der Waals surface area contributed by atoms with E-state index in [1.54, 1.807) is 0 Å². The zero-order valence-corrected chi connectivity index (χ0v) is 10.2. The zero-order valence-electron chi connectivity index (χ0n) is 8.57. The van der Waals surface area contributed by atoms with Crippen LogP contribution >= 0.6 is 15.9 Å². The third kappa shape index (κ3) is 7.62. The van der Waals surface area contributed by atoms with E-state index < -0.39 is 12.7 Å². The summed E-state index contributed by atoms with van der Waals surface area (Å²) in [6, 6.07) is 0. The second-order valence-electron chi connectivity index (χ2n) is 3.62. The van der Waals surface area contributed by atoms with E-state index >= 15 is 0 Å². The van der Waals surface area contributed by atoms with Crippen molar-refractivity contribution in [2.45, 2.75) is 25.9 Å². The Bertz CT molecular complexity index is 149. The Morgan fingerprint density at radius 1 is 1.36 bits per heavy atom. The van der Waals surface area contributed by atoms with Crippen LogP contribution in [-0.4, -0.2) is 36.5 Å². The molecule has 0 spiro atoms. The number of alkyl halides is 4. The molecule has 0 aliphatic rings. The van der Waals surface area contributed by atoms with Crippen molar-refractivity contribution >= 4 is 15.9 Å². The molecule has 1 atom stereocenters. The van der Waals surface area contributed by atoms with E-state index in [9.17, 15) is 13.2 Å². The van der Waals surface area contributed by atoms with Gasteiger partial charge < -0.3 is 0 Å². The molecule has 0 aromatic carbocycles. The van der Waals surface area contributed by atoms with Gasteiger partial charge in [-0.05, 0) is 19.4 Å². The molecule has 0 radical (unpaired) electrons. The lowest BCUT2D eigenvalue weighted by atomic mass is 10.1. The van der Waals surface area contributed by atoms with Crippen LogP contribution in [0.5, 0.6) is 0 Å².